The first-order valence-corrected chi connectivity index (χ1v) is 8.79. The van der Waals surface area contributed by atoms with E-state index in [1.54, 1.807) is 31.2 Å². The van der Waals surface area contributed by atoms with Gasteiger partial charge in [0.2, 0.25) is 12.4 Å². The molecule has 0 aliphatic carbocycles. The Morgan fingerprint density at radius 1 is 1.04 bits per heavy atom. The van der Waals surface area contributed by atoms with E-state index < -0.39 is 48.4 Å². The number of carbonyl (C=O) groups excluding carboxylic acids is 2. The van der Waals surface area contributed by atoms with E-state index in [0.717, 1.165) is 0 Å². The van der Waals surface area contributed by atoms with Crippen molar-refractivity contribution in [2.75, 3.05) is 0 Å². The largest absolute Gasteiger partial charge is 0.481 e. The van der Waals surface area contributed by atoms with Gasteiger partial charge in [0.05, 0.1) is 19.1 Å². The number of benzene rings is 1. The van der Waals surface area contributed by atoms with Gasteiger partial charge in [0.1, 0.15) is 5.75 Å². The molecule has 1 aliphatic heterocycles. The Morgan fingerprint density at radius 2 is 1.61 bits per heavy atom. The van der Waals surface area contributed by atoms with Crippen molar-refractivity contribution in [3.63, 3.8) is 0 Å². The van der Waals surface area contributed by atoms with Crippen LogP contribution in [0.2, 0.25) is 0 Å². The molecule has 154 valence electrons. The number of aliphatic hydroxyl groups excluding tert-OH is 1. The topological polar surface area (TPSA) is 129 Å². The lowest BCUT2D eigenvalue weighted by molar-refractivity contribution is -0.266. The lowest BCUT2D eigenvalue weighted by Crippen LogP contribution is -2.58. The van der Waals surface area contributed by atoms with Gasteiger partial charge in [0.15, 0.2) is 6.10 Å². The van der Waals surface area contributed by atoms with Crippen LogP contribution in [-0.2, 0) is 35.2 Å². The van der Waals surface area contributed by atoms with Crippen molar-refractivity contribution in [1.82, 2.24) is 0 Å². The summed E-state index contributed by atoms with van der Waals surface area (Å²) in [5, 5.41) is 18.3. The SMILES string of the molecule is CC(=O)O[C@@H]1[C@H](Oc2ccc(CO)cc2)O[C@@H](C)[C@@H](CC(=O)O)[C@H]1OC(C)=O. The van der Waals surface area contributed by atoms with Gasteiger partial charge in [-0.15, -0.1) is 0 Å². The van der Waals surface area contributed by atoms with Crippen LogP contribution < -0.4 is 4.74 Å². The first-order valence-electron chi connectivity index (χ1n) is 8.79. The summed E-state index contributed by atoms with van der Waals surface area (Å²) in [4.78, 5) is 34.5. The minimum absolute atomic E-state index is 0.126. The number of hydrogen-bond acceptors (Lipinski definition) is 8. The molecule has 0 amide bonds. The zero-order chi connectivity index (χ0) is 20.8. The molecular formula is C19H24O9. The average molecular weight is 396 g/mol. The summed E-state index contributed by atoms with van der Waals surface area (Å²) in [6.45, 7) is 3.88. The van der Waals surface area contributed by atoms with Crippen molar-refractivity contribution in [2.45, 2.75) is 58.4 Å². The quantitative estimate of drug-likeness (QED) is 0.654. The number of esters is 2. The highest BCUT2D eigenvalue weighted by Gasteiger charge is 2.50. The fourth-order valence-corrected chi connectivity index (χ4v) is 3.10. The van der Waals surface area contributed by atoms with Gasteiger partial charge in [0, 0.05) is 19.8 Å². The van der Waals surface area contributed by atoms with E-state index in [0.29, 0.717) is 11.3 Å². The number of carboxylic acid groups (broad SMARTS) is 1. The predicted molar refractivity (Wildman–Crippen MR) is 94.2 cm³/mol. The van der Waals surface area contributed by atoms with Gasteiger partial charge in [-0.3, -0.25) is 14.4 Å². The summed E-state index contributed by atoms with van der Waals surface area (Å²) < 4.78 is 22.2. The third-order valence-electron chi connectivity index (χ3n) is 4.34. The van der Waals surface area contributed by atoms with Crippen molar-refractivity contribution in [2.24, 2.45) is 5.92 Å². The van der Waals surface area contributed by atoms with Gasteiger partial charge in [0.25, 0.3) is 0 Å². The first kappa shape index (κ1) is 21.6. The van der Waals surface area contributed by atoms with Crippen LogP contribution in [0, 0.1) is 5.92 Å². The van der Waals surface area contributed by atoms with Crippen LogP contribution in [0.15, 0.2) is 24.3 Å². The molecule has 1 aliphatic rings. The number of aliphatic carboxylic acids is 1. The standard InChI is InChI=1S/C19H24O9/c1-10-15(8-16(23)24)17(26-11(2)21)18(27-12(3)22)19(25-10)28-14-6-4-13(9-20)5-7-14/h4-7,10,15,17-20H,8-9H2,1-3H3,(H,23,24)/t10-,15+,17+,18-,19-/m0/s1. The van der Waals surface area contributed by atoms with Crippen LogP contribution in [0.4, 0.5) is 0 Å². The van der Waals surface area contributed by atoms with Crippen LogP contribution in [0.3, 0.4) is 0 Å². The lowest BCUT2D eigenvalue weighted by Gasteiger charge is -2.43. The zero-order valence-electron chi connectivity index (χ0n) is 15.9. The monoisotopic (exact) mass is 396 g/mol. The molecule has 0 aromatic heterocycles. The van der Waals surface area contributed by atoms with Gasteiger partial charge in [-0.1, -0.05) is 12.1 Å². The van der Waals surface area contributed by atoms with Crippen LogP contribution in [0.5, 0.6) is 5.75 Å². The van der Waals surface area contributed by atoms with E-state index in [-0.39, 0.29) is 13.0 Å². The Bertz CT molecular complexity index is 700. The van der Waals surface area contributed by atoms with Gasteiger partial charge in [-0.2, -0.15) is 0 Å². The molecule has 0 unspecified atom stereocenters. The van der Waals surface area contributed by atoms with Gasteiger partial charge in [-0.25, -0.2) is 0 Å². The van der Waals surface area contributed by atoms with Crippen LogP contribution >= 0.6 is 0 Å². The Labute approximate surface area is 162 Å². The van der Waals surface area contributed by atoms with Gasteiger partial charge >= 0.3 is 17.9 Å². The molecule has 1 aromatic rings. The molecule has 0 saturated carbocycles. The van der Waals surface area contributed by atoms with Gasteiger partial charge < -0.3 is 29.2 Å². The second kappa shape index (κ2) is 9.52. The molecule has 2 N–H and O–H groups in total. The van der Waals surface area contributed by atoms with Crippen LogP contribution in [0.25, 0.3) is 0 Å². The summed E-state index contributed by atoms with van der Waals surface area (Å²) in [6.07, 6.45) is -4.31. The zero-order valence-corrected chi connectivity index (χ0v) is 15.9. The van der Waals surface area contributed by atoms with Gasteiger partial charge in [-0.05, 0) is 24.6 Å². The molecule has 0 spiro atoms. The Morgan fingerprint density at radius 3 is 2.11 bits per heavy atom. The Kier molecular flexibility index (Phi) is 7.36. The summed E-state index contributed by atoms with van der Waals surface area (Å²) in [6, 6.07) is 6.52. The molecule has 0 bridgehead atoms. The molecule has 2 rings (SSSR count). The number of ether oxygens (including phenoxy) is 4. The van der Waals surface area contributed by atoms with Crippen molar-refractivity contribution in [1.29, 1.82) is 0 Å². The second-order valence-electron chi connectivity index (χ2n) is 6.54. The van der Waals surface area contributed by atoms with E-state index >= 15 is 0 Å². The Hall–Kier alpha value is -2.65. The fraction of sp³-hybridized carbons (Fsp3) is 0.526. The minimum atomic E-state index is -1.15. The van der Waals surface area contributed by atoms with E-state index in [1.807, 2.05) is 0 Å². The van der Waals surface area contributed by atoms with Crippen molar-refractivity contribution >= 4 is 17.9 Å². The third-order valence-corrected chi connectivity index (χ3v) is 4.34. The average Bonchev–Trinajstić information content (AvgIpc) is 2.61. The number of aliphatic hydroxyl groups is 1. The molecule has 1 aromatic carbocycles. The highest BCUT2D eigenvalue weighted by atomic mass is 16.7. The maximum absolute atomic E-state index is 11.6. The molecule has 1 heterocycles. The smallest absolute Gasteiger partial charge is 0.303 e. The van der Waals surface area contributed by atoms with E-state index in [4.69, 9.17) is 24.1 Å². The summed E-state index contributed by atoms with van der Waals surface area (Å²) in [7, 11) is 0. The van der Waals surface area contributed by atoms with Crippen molar-refractivity contribution in [3.8, 4) is 5.75 Å². The molecule has 28 heavy (non-hydrogen) atoms. The molecule has 5 atom stereocenters. The van der Waals surface area contributed by atoms with Crippen LogP contribution in [0.1, 0.15) is 32.8 Å². The highest BCUT2D eigenvalue weighted by Crippen LogP contribution is 2.34. The minimum Gasteiger partial charge on any atom is -0.481 e. The molecule has 1 fully saturated rings. The molecule has 1 saturated heterocycles. The second-order valence-corrected chi connectivity index (χ2v) is 6.54. The van der Waals surface area contributed by atoms with E-state index in [1.165, 1.54) is 13.8 Å². The maximum Gasteiger partial charge on any atom is 0.303 e. The van der Waals surface area contributed by atoms with E-state index in [9.17, 15) is 19.5 Å². The number of carboxylic acids is 1. The van der Waals surface area contributed by atoms with Crippen molar-refractivity contribution < 1.29 is 43.5 Å². The molecule has 9 nitrogen and oxygen atoms in total. The normalized spacial score (nSPS) is 26.9. The highest BCUT2D eigenvalue weighted by molar-refractivity contribution is 5.69. The van der Waals surface area contributed by atoms with Crippen LogP contribution in [-0.4, -0.2) is 52.7 Å². The lowest BCUT2D eigenvalue weighted by atomic mass is 9.86. The number of hydrogen-bond donors (Lipinski definition) is 2. The maximum atomic E-state index is 11.6. The summed E-state index contributed by atoms with van der Waals surface area (Å²) in [5.74, 6) is -2.75. The third kappa shape index (κ3) is 5.67. The number of carbonyl (C=O) groups is 3. The molecule has 0 radical (unpaired) electrons. The summed E-state index contributed by atoms with van der Waals surface area (Å²) in [5.41, 5.74) is 0.682. The van der Waals surface area contributed by atoms with E-state index in [2.05, 4.69) is 0 Å². The predicted octanol–water partition coefficient (Wildman–Crippen LogP) is 1.26. The number of rotatable bonds is 7. The molecular weight excluding hydrogens is 372 g/mol. The van der Waals surface area contributed by atoms with Crippen molar-refractivity contribution in [3.05, 3.63) is 29.8 Å². The summed E-state index contributed by atoms with van der Waals surface area (Å²) >= 11 is 0. The fourth-order valence-electron chi connectivity index (χ4n) is 3.10. The first-order chi connectivity index (χ1) is 13.2. The molecule has 9 heteroatoms. The Balaban J connectivity index is 2.32.